The van der Waals surface area contributed by atoms with Crippen LogP contribution in [0.25, 0.3) is 16.6 Å². The molecule has 0 aliphatic rings. The van der Waals surface area contributed by atoms with Crippen molar-refractivity contribution >= 4 is 17.4 Å². The van der Waals surface area contributed by atoms with Crippen molar-refractivity contribution in [2.45, 2.75) is 6.54 Å². The van der Waals surface area contributed by atoms with Crippen molar-refractivity contribution < 1.29 is 0 Å². The first-order valence-corrected chi connectivity index (χ1v) is 7.47. The van der Waals surface area contributed by atoms with Crippen molar-refractivity contribution in [3.8, 4) is 10.6 Å². The summed E-state index contributed by atoms with van der Waals surface area (Å²) in [7, 11) is 0. The summed E-state index contributed by atoms with van der Waals surface area (Å²) in [5.41, 5.74) is 2.83. The smallest absolute Gasteiger partial charge is 0.267 e. The predicted octanol–water partition coefficient (Wildman–Crippen LogP) is 3.66. The van der Waals surface area contributed by atoms with E-state index in [1.54, 1.807) is 29.5 Å². The molecule has 1 aromatic carbocycles. The summed E-state index contributed by atoms with van der Waals surface area (Å²) in [6, 6.07) is 15.3. The molecule has 4 heteroatoms. The molecule has 3 aromatic rings. The predicted molar refractivity (Wildman–Crippen MR) is 87.4 cm³/mol. The van der Waals surface area contributed by atoms with Crippen LogP contribution >= 0.6 is 11.3 Å². The minimum atomic E-state index is -0.0943. The minimum Gasteiger partial charge on any atom is -0.268 e. The van der Waals surface area contributed by atoms with Crippen molar-refractivity contribution in [1.82, 2.24) is 9.78 Å². The van der Waals surface area contributed by atoms with Crippen LogP contribution in [0.5, 0.6) is 0 Å². The molecule has 0 unspecified atom stereocenters. The standard InChI is InChI=1S/C17H14N2OS/c1-2-13-5-7-14(8-6-13)12-19-17(20)10-9-15(18-19)16-4-3-11-21-16/h2-11H,1,12H2. The second-order valence-corrected chi connectivity index (χ2v) is 5.59. The van der Waals surface area contributed by atoms with Gasteiger partial charge in [-0.1, -0.05) is 43.0 Å². The molecule has 0 fully saturated rings. The van der Waals surface area contributed by atoms with Gasteiger partial charge in [-0.25, -0.2) is 4.68 Å². The van der Waals surface area contributed by atoms with Gasteiger partial charge in [-0.3, -0.25) is 4.79 Å². The van der Waals surface area contributed by atoms with Crippen LogP contribution < -0.4 is 5.56 Å². The average Bonchev–Trinajstić information content (AvgIpc) is 3.04. The largest absolute Gasteiger partial charge is 0.268 e. The molecule has 0 bridgehead atoms. The normalized spacial score (nSPS) is 10.5. The third kappa shape index (κ3) is 3.01. The van der Waals surface area contributed by atoms with Crippen LogP contribution in [-0.4, -0.2) is 9.78 Å². The summed E-state index contributed by atoms with van der Waals surface area (Å²) in [5, 5.41) is 6.45. The summed E-state index contributed by atoms with van der Waals surface area (Å²) >= 11 is 1.61. The maximum Gasteiger partial charge on any atom is 0.267 e. The minimum absolute atomic E-state index is 0.0943. The molecular weight excluding hydrogens is 280 g/mol. The first kappa shape index (κ1) is 13.5. The van der Waals surface area contributed by atoms with E-state index in [1.165, 1.54) is 4.68 Å². The Balaban J connectivity index is 1.92. The first-order valence-electron chi connectivity index (χ1n) is 6.60. The Morgan fingerprint density at radius 1 is 1.14 bits per heavy atom. The summed E-state index contributed by atoms with van der Waals surface area (Å²) in [6.07, 6.45) is 1.80. The topological polar surface area (TPSA) is 34.9 Å². The van der Waals surface area contributed by atoms with Crippen molar-refractivity contribution in [1.29, 1.82) is 0 Å². The Bertz CT molecular complexity index is 802. The molecule has 2 heterocycles. The Morgan fingerprint density at radius 2 is 1.95 bits per heavy atom. The molecule has 0 aliphatic heterocycles. The lowest BCUT2D eigenvalue weighted by Crippen LogP contribution is -2.22. The zero-order valence-electron chi connectivity index (χ0n) is 11.4. The van der Waals surface area contributed by atoms with E-state index in [0.29, 0.717) is 6.54 Å². The summed E-state index contributed by atoms with van der Waals surface area (Å²) in [6.45, 7) is 4.20. The molecule has 0 aliphatic carbocycles. The molecule has 0 radical (unpaired) electrons. The number of nitrogens with zero attached hydrogens (tertiary/aromatic N) is 2. The van der Waals surface area contributed by atoms with Crippen LogP contribution in [0.4, 0.5) is 0 Å². The van der Waals surface area contributed by atoms with E-state index in [2.05, 4.69) is 11.7 Å². The molecule has 0 amide bonds. The number of hydrogen-bond acceptors (Lipinski definition) is 3. The van der Waals surface area contributed by atoms with Gasteiger partial charge >= 0.3 is 0 Å². The SMILES string of the molecule is C=Cc1ccc(Cn2nc(-c3cccs3)ccc2=O)cc1. The van der Waals surface area contributed by atoms with Crippen molar-refractivity contribution in [3.05, 3.63) is 82.0 Å². The summed E-state index contributed by atoms with van der Waals surface area (Å²) < 4.78 is 1.50. The molecule has 2 aromatic heterocycles. The lowest BCUT2D eigenvalue weighted by atomic mass is 10.1. The van der Waals surface area contributed by atoms with Gasteiger partial charge in [0.1, 0.15) is 5.69 Å². The van der Waals surface area contributed by atoms with Crippen LogP contribution in [0.2, 0.25) is 0 Å². The zero-order valence-corrected chi connectivity index (χ0v) is 12.2. The Kier molecular flexibility index (Phi) is 3.79. The highest BCUT2D eigenvalue weighted by Crippen LogP contribution is 2.21. The molecule has 3 nitrogen and oxygen atoms in total. The van der Waals surface area contributed by atoms with E-state index >= 15 is 0 Å². The molecule has 21 heavy (non-hydrogen) atoms. The highest BCUT2D eigenvalue weighted by Gasteiger charge is 2.05. The lowest BCUT2D eigenvalue weighted by Gasteiger charge is -2.06. The number of benzene rings is 1. The Hall–Kier alpha value is -2.46. The van der Waals surface area contributed by atoms with Gasteiger partial charge in [0.2, 0.25) is 0 Å². The van der Waals surface area contributed by atoms with E-state index in [9.17, 15) is 4.79 Å². The Labute approximate surface area is 126 Å². The van der Waals surface area contributed by atoms with Crippen LogP contribution in [0, 0.1) is 0 Å². The average molecular weight is 294 g/mol. The maximum absolute atomic E-state index is 12.0. The van der Waals surface area contributed by atoms with Gasteiger partial charge in [0.05, 0.1) is 11.4 Å². The van der Waals surface area contributed by atoms with Crippen LogP contribution in [-0.2, 0) is 6.54 Å². The van der Waals surface area contributed by atoms with Gasteiger partial charge in [0.15, 0.2) is 0 Å². The fraction of sp³-hybridized carbons (Fsp3) is 0.0588. The molecule has 0 saturated carbocycles. The third-order valence-electron chi connectivity index (χ3n) is 3.19. The number of aromatic nitrogens is 2. The fourth-order valence-corrected chi connectivity index (χ4v) is 2.74. The Morgan fingerprint density at radius 3 is 2.62 bits per heavy atom. The quantitative estimate of drug-likeness (QED) is 0.736. The van der Waals surface area contributed by atoms with E-state index in [1.807, 2.05) is 41.8 Å². The molecule has 0 saturated heterocycles. The molecule has 0 spiro atoms. The van der Waals surface area contributed by atoms with E-state index in [4.69, 9.17) is 0 Å². The van der Waals surface area contributed by atoms with Crippen molar-refractivity contribution in [2.75, 3.05) is 0 Å². The van der Waals surface area contributed by atoms with Gasteiger partial charge in [-0.2, -0.15) is 5.10 Å². The monoisotopic (exact) mass is 294 g/mol. The molecule has 0 atom stereocenters. The summed E-state index contributed by atoms with van der Waals surface area (Å²) in [4.78, 5) is 13.0. The second-order valence-electron chi connectivity index (χ2n) is 4.64. The highest BCUT2D eigenvalue weighted by molar-refractivity contribution is 7.13. The van der Waals surface area contributed by atoms with Crippen molar-refractivity contribution in [2.24, 2.45) is 0 Å². The highest BCUT2D eigenvalue weighted by atomic mass is 32.1. The van der Waals surface area contributed by atoms with Crippen LogP contribution in [0.1, 0.15) is 11.1 Å². The zero-order chi connectivity index (χ0) is 14.7. The van der Waals surface area contributed by atoms with Gasteiger partial charge in [0, 0.05) is 6.07 Å². The molecule has 0 N–H and O–H groups in total. The molecule has 104 valence electrons. The van der Waals surface area contributed by atoms with E-state index < -0.39 is 0 Å². The number of rotatable bonds is 4. The lowest BCUT2D eigenvalue weighted by molar-refractivity contribution is 0.643. The third-order valence-corrected chi connectivity index (χ3v) is 4.08. The van der Waals surface area contributed by atoms with E-state index in [0.717, 1.165) is 21.7 Å². The molecular formula is C17H14N2OS. The summed E-state index contributed by atoms with van der Waals surface area (Å²) in [5.74, 6) is 0. The van der Waals surface area contributed by atoms with Gasteiger partial charge in [-0.15, -0.1) is 11.3 Å². The van der Waals surface area contributed by atoms with Gasteiger partial charge < -0.3 is 0 Å². The number of hydrogen-bond donors (Lipinski definition) is 0. The fourth-order valence-electron chi connectivity index (χ4n) is 2.05. The maximum atomic E-state index is 12.0. The van der Waals surface area contributed by atoms with Crippen molar-refractivity contribution in [3.63, 3.8) is 0 Å². The molecule has 3 rings (SSSR count). The van der Waals surface area contributed by atoms with Gasteiger partial charge in [-0.05, 0) is 28.6 Å². The first-order chi connectivity index (χ1) is 10.3. The number of thiophene rings is 1. The van der Waals surface area contributed by atoms with Gasteiger partial charge in [0.25, 0.3) is 5.56 Å². The van der Waals surface area contributed by atoms with Crippen LogP contribution in [0.3, 0.4) is 0 Å². The van der Waals surface area contributed by atoms with Crippen LogP contribution in [0.15, 0.2) is 65.3 Å². The van der Waals surface area contributed by atoms with E-state index in [-0.39, 0.29) is 5.56 Å². The second kappa shape index (κ2) is 5.89.